The summed E-state index contributed by atoms with van der Waals surface area (Å²) in [7, 11) is -1.56. The van der Waals surface area contributed by atoms with E-state index in [1.165, 1.54) is 4.90 Å². The number of likely N-dealkylation sites (tertiary alicyclic amines) is 1. The zero-order valence-electron chi connectivity index (χ0n) is 19.2. The number of carbonyl (C=O) groups is 2. The average molecular weight is 482 g/mol. The number of hydrogen-bond acceptors (Lipinski definition) is 6. The van der Waals surface area contributed by atoms with E-state index in [2.05, 4.69) is 9.71 Å². The van der Waals surface area contributed by atoms with Crippen molar-refractivity contribution >= 4 is 34.3 Å². The monoisotopic (exact) mass is 481 g/mol. The van der Waals surface area contributed by atoms with E-state index < -0.39 is 22.6 Å². The Bertz CT molecular complexity index is 1210. The van der Waals surface area contributed by atoms with Crippen LogP contribution in [0.2, 0.25) is 0 Å². The molecule has 0 saturated carbocycles. The van der Waals surface area contributed by atoms with Crippen molar-refractivity contribution in [3.05, 3.63) is 65.9 Å². The van der Waals surface area contributed by atoms with Gasteiger partial charge in [0, 0.05) is 36.2 Å². The number of rotatable bonds is 9. The lowest BCUT2D eigenvalue weighted by atomic mass is 9.88. The van der Waals surface area contributed by atoms with Crippen LogP contribution in [0.1, 0.15) is 24.6 Å². The fourth-order valence-corrected chi connectivity index (χ4v) is 5.12. The Morgan fingerprint density at radius 3 is 2.65 bits per heavy atom. The summed E-state index contributed by atoms with van der Waals surface area (Å²) in [6.45, 7) is 4.88. The number of nitrogens with zero attached hydrogens (tertiary/aromatic N) is 2. The SMILES string of the molecule is CCOC(=O)N1CC(CC=O)(NS(=O)c2ccc(OCc3cc(C)nc4ccccc34)cc2)C1. The number of carbonyl (C=O) groups excluding carboxylic acids is 2. The largest absolute Gasteiger partial charge is 0.489 e. The Labute approximate surface area is 200 Å². The molecule has 0 bridgehead atoms. The van der Waals surface area contributed by atoms with Crippen LogP contribution < -0.4 is 9.46 Å². The van der Waals surface area contributed by atoms with Crippen LogP contribution in [0, 0.1) is 6.92 Å². The fraction of sp³-hybridized carbons (Fsp3) is 0.320. The smallest absolute Gasteiger partial charge is 0.409 e. The summed E-state index contributed by atoms with van der Waals surface area (Å²) < 4.78 is 26.9. The van der Waals surface area contributed by atoms with Crippen molar-refractivity contribution in [1.29, 1.82) is 0 Å². The Morgan fingerprint density at radius 2 is 1.94 bits per heavy atom. The Kier molecular flexibility index (Phi) is 7.23. The number of para-hydroxylation sites is 1. The Morgan fingerprint density at radius 1 is 1.21 bits per heavy atom. The molecular weight excluding hydrogens is 454 g/mol. The third-order valence-corrected chi connectivity index (χ3v) is 6.98. The minimum absolute atomic E-state index is 0.148. The first-order chi connectivity index (χ1) is 16.4. The van der Waals surface area contributed by atoms with E-state index in [0.717, 1.165) is 28.4 Å². The van der Waals surface area contributed by atoms with Gasteiger partial charge in [-0.1, -0.05) is 18.2 Å². The van der Waals surface area contributed by atoms with Crippen molar-refractivity contribution in [2.45, 2.75) is 37.3 Å². The summed E-state index contributed by atoms with van der Waals surface area (Å²) in [5.41, 5.74) is 2.18. The van der Waals surface area contributed by atoms with E-state index in [1.807, 2.05) is 37.3 Å². The first kappa shape index (κ1) is 23.8. The molecule has 3 aromatic rings. The molecule has 1 saturated heterocycles. The highest BCUT2D eigenvalue weighted by Gasteiger charge is 2.46. The van der Waals surface area contributed by atoms with Gasteiger partial charge in [0.05, 0.1) is 22.6 Å². The summed E-state index contributed by atoms with van der Waals surface area (Å²) >= 11 is 0. The molecule has 1 aliphatic heterocycles. The minimum Gasteiger partial charge on any atom is -0.489 e. The number of aldehydes is 1. The van der Waals surface area contributed by atoms with Gasteiger partial charge in [-0.05, 0) is 50.2 Å². The fourth-order valence-electron chi connectivity index (χ4n) is 4.01. The third-order valence-electron chi connectivity index (χ3n) is 5.66. The van der Waals surface area contributed by atoms with E-state index in [0.29, 0.717) is 17.3 Å². The summed E-state index contributed by atoms with van der Waals surface area (Å²) in [5, 5.41) is 1.05. The molecule has 1 unspecified atom stereocenters. The molecule has 1 atom stereocenters. The molecule has 2 aromatic carbocycles. The second-order valence-electron chi connectivity index (χ2n) is 8.28. The highest BCUT2D eigenvalue weighted by Crippen LogP contribution is 2.27. The molecule has 9 heteroatoms. The van der Waals surface area contributed by atoms with Crippen LogP contribution in [-0.2, 0) is 27.1 Å². The number of nitrogens with one attached hydrogen (secondary N) is 1. The molecule has 1 fully saturated rings. The van der Waals surface area contributed by atoms with Crippen LogP contribution >= 0.6 is 0 Å². The molecular formula is C25H27N3O5S. The van der Waals surface area contributed by atoms with Gasteiger partial charge in [0.25, 0.3) is 0 Å². The molecule has 1 aliphatic rings. The first-order valence-electron chi connectivity index (χ1n) is 11.1. The van der Waals surface area contributed by atoms with E-state index in [9.17, 15) is 13.8 Å². The highest BCUT2D eigenvalue weighted by atomic mass is 32.2. The van der Waals surface area contributed by atoms with Gasteiger partial charge in [0.2, 0.25) is 0 Å². The molecule has 8 nitrogen and oxygen atoms in total. The predicted octanol–water partition coefficient (Wildman–Crippen LogP) is 3.53. The first-order valence-corrected chi connectivity index (χ1v) is 12.2. The van der Waals surface area contributed by atoms with Gasteiger partial charge in [0.1, 0.15) is 29.6 Å². The number of hydrogen-bond donors (Lipinski definition) is 1. The number of fused-ring (bicyclic) bond motifs is 1. The quantitative estimate of drug-likeness (QED) is 0.470. The van der Waals surface area contributed by atoms with Crippen molar-refractivity contribution in [3.63, 3.8) is 0 Å². The number of benzene rings is 2. The Hall–Kier alpha value is -3.30. The van der Waals surface area contributed by atoms with E-state index in [4.69, 9.17) is 9.47 Å². The van der Waals surface area contributed by atoms with Crippen molar-refractivity contribution < 1.29 is 23.3 Å². The maximum atomic E-state index is 12.9. The zero-order chi connectivity index (χ0) is 24.1. The van der Waals surface area contributed by atoms with Gasteiger partial charge in [-0.15, -0.1) is 0 Å². The molecule has 0 aliphatic carbocycles. The van der Waals surface area contributed by atoms with E-state index in [-0.39, 0.29) is 26.1 Å². The van der Waals surface area contributed by atoms with Gasteiger partial charge >= 0.3 is 6.09 Å². The average Bonchev–Trinajstić information content (AvgIpc) is 2.81. The summed E-state index contributed by atoms with van der Waals surface area (Å²) in [6.07, 6.45) is 0.485. The number of pyridine rings is 1. The lowest BCUT2D eigenvalue weighted by Gasteiger charge is -2.48. The molecule has 178 valence electrons. The molecule has 1 amide bonds. The second-order valence-corrected chi connectivity index (χ2v) is 9.49. The van der Waals surface area contributed by atoms with Crippen molar-refractivity contribution in [2.24, 2.45) is 0 Å². The van der Waals surface area contributed by atoms with Crippen LogP contribution in [0.5, 0.6) is 5.75 Å². The summed E-state index contributed by atoms with van der Waals surface area (Å²) in [4.78, 5) is 29.6. The lowest BCUT2D eigenvalue weighted by molar-refractivity contribution is -0.110. The number of aromatic nitrogens is 1. The molecule has 4 rings (SSSR count). The van der Waals surface area contributed by atoms with Crippen molar-refractivity contribution in [1.82, 2.24) is 14.6 Å². The van der Waals surface area contributed by atoms with Crippen molar-refractivity contribution in [3.8, 4) is 5.75 Å². The molecule has 1 N–H and O–H groups in total. The minimum atomic E-state index is -1.56. The lowest BCUT2D eigenvalue weighted by Crippen LogP contribution is -2.70. The molecule has 0 radical (unpaired) electrons. The van der Waals surface area contributed by atoms with Gasteiger partial charge in [-0.3, -0.25) is 4.98 Å². The van der Waals surface area contributed by atoms with Crippen LogP contribution in [0.25, 0.3) is 10.9 Å². The normalized spacial score (nSPS) is 15.4. The maximum Gasteiger partial charge on any atom is 0.409 e. The van der Waals surface area contributed by atoms with E-state index in [1.54, 1.807) is 31.2 Å². The van der Waals surface area contributed by atoms with Gasteiger partial charge in [-0.2, -0.15) is 0 Å². The standard InChI is InChI=1S/C25H27N3O5S/c1-3-32-24(30)28-16-25(17-28,12-13-29)27-34(31)21-10-8-20(9-11-21)33-15-19-14-18(2)26-23-7-5-4-6-22(19)23/h4-11,13-14,27H,3,12,15-17H2,1-2H3. The number of aryl methyl sites for hydroxylation is 1. The molecule has 1 aromatic heterocycles. The number of amides is 1. The third kappa shape index (κ3) is 5.26. The van der Waals surface area contributed by atoms with Gasteiger partial charge in [-0.25, -0.2) is 13.7 Å². The summed E-state index contributed by atoms with van der Waals surface area (Å²) in [5.74, 6) is 0.652. The Balaban J connectivity index is 1.38. The molecule has 2 heterocycles. The van der Waals surface area contributed by atoms with Crippen molar-refractivity contribution in [2.75, 3.05) is 19.7 Å². The van der Waals surface area contributed by atoms with Crippen LogP contribution in [0.15, 0.2) is 59.5 Å². The maximum absolute atomic E-state index is 12.9. The van der Waals surface area contributed by atoms with Crippen LogP contribution in [0.4, 0.5) is 4.79 Å². The molecule has 0 spiro atoms. The second kappa shape index (κ2) is 10.3. The predicted molar refractivity (Wildman–Crippen MR) is 129 cm³/mol. The zero-order valence-corrected chi connectivity index (χ0v) is 20.0. The van der Waals surface area contributed by atoms with Crippen LogP contribution in [-0.4, -0.2) is 51.7 Å². The van der Waals surface area contributed by atoms with Gasteiger partial charge < -0.3 is 19.2 Å². The highest BCUT2D eigenvalue weighted by molar-refractivity contribution is 7.83. The van der Waals surface area contributed by atoms with Gasteiger partial charge in [0.15, 0.2) is 0 Å². The topological polar surface area (TPSA) is 97.8 Å². The van der Waals surface area contributed by atoms with Crippen LogP contribution in [0.3, 0.4) is 0 Å². The summed E-state index contributed by atoms with van der Waals surface area (Å²) in [6, 6.07) is 16.9. The van der Waals surface area contributed by atoms with E-state index >= 15 is 0 Å². The molecule has 34 heavy (non-hydrogen) atoms. The number of ether oxygens (including phenoxy) is 2.